The van der Waals surface area contributed by atoms with Crippen molar-refractivity contribution in [3.05, 3.63) is 18.2 Å². The van der Waals surface area contributed by atoms with E-state index in [0.29, 0.717) is 5.25 Å². The summed E-state index contributed by atoms with van der Waals surface area (Å²) < 4.78 is 31.2. The van der Waals surface area contributed by atoms with Crippen LogP contribution in [0.2, 0.25) is 0 Å². The predicted molar refractivity (Wildman–Crippen MR) is 45.8 cm³/mol. The fourth-order valence-electron chi connectivity index (χ4n) is 1.20. The standard InChI is InChI=1S/C6H8N2S.CHF3/c9-5-3-6-7-1-2-8(6)4-5;2-1(3)4/h1-2,5,9H,3-4H2;1H. The first-order valence-electron chi connectivity index (χ1n) is 3.70. The SMILES string of the molecule is FC(F)F.SC1Cc2nccn2C1. The molecule has 0 saturated heterocycles. The monoisotopic (exact) mass is 210 g/mol. The third kappa shape index (κ3) is 3.30. The zero-order chi connectivity index (χ0) is 9.84. The highest BCUT2D eigenvalue weighted by Crippen LogP contribution is 2.16. The molecule has 1 aliphatic rings. The minimum Gasteiger partial charge on any atom is -0.334 e. The summed E-state index contributed by atoms with van der Waals surface area (Å²) in [5.41, 5.74) is 0. The summed E-state index contributed by atoms with van der Waals surface area (Å²) >= 11 is 4.34. The molecule has 0 amide bonds. The van der Waals surface area contributed by atoms with Gasteiger partial charge in [0, 0.05) is 30.6 Å². The fourth-order valence-corrected chi connectivity index (χ4v) is 1.54. The minimum atomic E-state index is -3.67. The molecule has 13 heavy (non-hydrogen) atoms. The Labute approximate surface area is 79.2 Å². The van der Waals surface area contributed by atoms with Crippen molar-refractivity contribution in [2.75, 3.05) is 0 Å². The minimum absolute atomic E-state index is 0.494. The van der Waals surface area contributed by atoms with Gasteiger partial charge in [-0.3, -0.25) is 0 Å². The molecule has 2 heterocycles. The maximum atomic E-state index is 9.67. The second-order valence-electron chi connectivity index (χ2n) is 2.60. The molecule has 0 fully saturated rings. The van der Waals surface area contributed by atoms with E-state index in [1.807, 2.05) is 12.4 Å². The van der Waals surface area contributed by atoms with Gasteiger partial charge < -0.3 is 4.57 Å². The van der Waals surface area contributed by atoms with Gasteiger partial charge in [-0.25, -0.2) is 4.98 Å². The van der Waals surface area contributed by atoms with E-state index in [4.69, 9.17) is 0 Å². The van der Waals surface area contributed by atoms with Gasteiger partial charge in [0.05, 0.1) is 0 Å². The van der Waals surface area contributed by atoms with Gasteiger partial charge in [0.2, 0.25) is 0 Å². The van der Waals surface area contributed by atoms with Crippen LogP contribution in [0.15, 0.2) is 12.4 Å². The number of alkyl halides is 3. The molecule has 0 aliphatic carbocycles. The first-order valence-corrected chi connectivity index (χ1v) is 4.21. The van der Waals surface area contributed by atoms with E-state index in [0.717, 1.165) is 13.0 Å². The average Bonchev–Trinajstić information content (AvgIpc) is 2.43. The van der Waals surface area contributed by atoms with Crippen molar-refractivity contribution in [3.8, 4) is 0 Å². The van der Waals surface area contributed by atoms with Crippen LogP contribution in [0.4, 0.5) is 13.2 Å². The lowest BCUT2D eigenvalue weighted by Crippen LogP contribution is -1.98. The molecular formula is C7H9F3N2S. The number of nitrogens with zero attached hydrogens (tertiary/aromatic N) is 2. The van der Waals surface area contributed by atoms with Crippen molar-refractivity contribution in [1.29, 1.82) is 0 Å². The van der Waals surface area contributed by atoms with Crippen LogP contribution in [-0.4, -0.2) is 21.5 Å². The molecular weight excluding hydrogens is 201 g/mol. The van der Waals surface area contributed by atoms with E-state index >= 15 is 0 Å². The molecule has 0 bridgehead atoms. The largest absolute Gasteiger partial charge is 0.379 e. The van der Waals surface area contributed by atoms with E-state index in [2.05, 4.69) is 22.2 Å². The van der Waals surface area contributed by atoms with Gasteiger partial charge in [0.1, 0.15) is 5.82 Å². The van der Waals surface area contributed by atoms with Gasteiger partial charge in [-0.1, -0.05) is 0 Å². The summed E-state index contributed by atoms with van der Waals surface area (Å²) in [6, 6.07) is 0. The number of aromatic nitrogens is 2. The highest BCUT2D eigenvalue weighted by molar-refractivity contribution is 7.80. The number of hydrogen-bond acceptors (Lipinski definition) is 2. The van der Waals surface area contributed by atoms with Gasteiger partial charge in [-0.2, -0.15) is 25.8 Å². The van der Waals surface area contributed by atoms with Crippen LogP contribution in [0, 0.1) is 0 Å². The van der Waals surface area contributed by atoms with Crippen LogP contribution in [0.3, 0.4) is 0 Å². The fraction of sp³-hybridized carbons (Fsp3) is 0.571. The number of imidazole rings is 1. The van der Waals surface area contributed by atoms with Crippen LogP contribution < -0.4 is 0 Å². The Hall–Kier alpha value is -0.650. The lowest BCUT2D eigenvalue weighted by molar-refractivity contribution is 0.00819. The van der Waals surface area contributed by atoms with Crippen molar-refractivity contribution < 1.29 is 13.2 Å². The maximum absolute atomic E-state index is 9.67. The maximum Gasteiger partial charge on any atom is 0.379 e. The van der Waals surface area contributed by atoms with Gasteiger partial charge in [-0.05, 0) is 0 Å². The van der Waals surface area contributed by atoms with Gasteiger partial charge in [0.15, 0.2) is 0 Å². The van der Waals surface area contributed by atoms with Crippen molar-refractivity contribution in [3.63, 3.8) is 0 Å². The topological polar surface area (TPSA) is 17.8 Å². The molecule has 0 radical (unpaired) electrons. The van der Waals surface area contributed by atoms with E-state index < -0.39 is 6.68 Å². The third-order valence-corrected chi connectivity index (χ3v) is 1.97. The molecule has 0 N–H and O–H groups in total. The van der Waals surface area contributed by atoms with Gasteiger partial charge >= 0.3 is 6.68 Å². The first-order chi connectivity index (χ1) is 6.09. The Kier molecular flexibility index (Phi) is 3.65. The van der Waals surface area contributed by atoms with E-state index in [1.54, 1.807) is 0 Å². The molecule has 2 rings (SSSR count). The molecule has 6 heteroatoms. The molecule has 1 aromatic rings. The smallest absolute Gasteiger partial charge is 0.334 e. The lowest BCUT2D eigenvalue weighted by atomic mass is 10.3. The van der Waals surface area contributed by atoms with E-state index in [1.165, 1.54) is 5.82 Å². The molecule has 1 aromatic heterocycles. The highest BCUT2D eigenvalue weighted by Gasteiger charge is 2.17. The summed E-state index contributed by atoms with van der Waals surface area (Å²) in [5, 5.41) is 0.494. The summed E-state index contributed by atoms with van der Waals surface area (Å²) in [7, 11) is 0. The molecule has 2 nitrogen and oxygen atoms in total. The van der Waals surface area contributed by atoms with Crippen LogP contribution in [0.25, 0.3) is 0 Å². The van der Waals surface area contributed by atoms with E-state index in [9.17, 15) is 13.2 Å². The zero-order valence-electron chi connectivity index (χ0n) is 6.70. The van der Waals surface area contributed by atoms with Crippen molar-refractivity contribution in [1.82, 2.24) is 9.55 Å². The number of thiol groups is 1. The molecule has 1 atom stereocenters. The van der Waals surface area contributed by atoms with Crippen molar-refractivity contribution >= 4 is 12.6 Å². The molecule has 1 aliphatic heterocycles. The summed E-state index contributed by atoms with van der Waals surface area (Å²) in [6.07, 6.45) is 4.87. The Morgan fingerprint density at radius 2 is 2.15 bits per heavy atom. The molecule has 0 saturated carbocycles. The van der Waals surface area contributed by atoms with Crippen LogP contribution in [0.5, 0.6) is 0 Å². The zero-order valence-corrected chi connectivity index (χ0v) is 7.59. The van der Waals surface area contributed by atoms with Gasteiger partial charge in [-0.15, -0.1) is 0 Å². The Balaban J connectivity index is 0.000000184. The number of halogens is 3. The summed E-state index contributed by atoms with van der Waals surface area (Å²) in [6.45, 7) is -2.64. The Bertz CT molecular complexity index is 241. The average molecular weight is 210 g/mol. The van der Waals surface area contributed by atoms with E-state index in [-0.39, 0.29) is 0 Å². The number of fused-ring (bicyclic) bond motifs is 1. The Morgan fingerprint density at radius 3 is 2.69 bits per heavy atom. The van der Waals surface area contributed by atoms with Gasteiger partial charge in [0.25, 0.3) is 0 Å². The molecule has 0 spiro atoms. The van der Waals surface area contributed by atoms with Crippen LogP contribution in [0.1, 0.15) is 5.82 Å². The number of rotatable bonds is 0. The molecule has 74 valence electrons. The van der Waals surface area contributed by atoms with Crippen molar-refractivity contribution in [2.45, 2.75) is 24.9 Å². The number of hydrogen-bond donors (Lipinski definition) is 1. The van der Waals surface area contributed by atoms with Crippen molar-refractivity contribution in [2.24, 2.45) is 0 Å². The lowest BCUT2D eigenvalue weighted by Gasteiger charge is -1.94. The quantitative estimate of drug-likeness (QED) is 0.648. The normalized spacial score (nSPS) is 19.6. The first kappa shape index (κ1) is 10.4. The molecule has 0 aromatic carbocycles. The third-order valence-electron chi connectivity index (χ3n) is 1.63. The summed E-state index contributed by atoms with van der Waals surface area (Å²) in [5.74, 6) is 1.18. The molecule has 1 unspecified atom stereocenters. The summed E-state index contributed by atoms with van der Waals surface area (Å²) in [4.78, 5) is 4.16. The van der Waals surface area contributed by atoms with Crippen LogP contribution in [-0.2, 0) is 13.0 Å². The predicted octanol–water partition coefficient (Wildman–Crippen LogP) is 1.92. The second kappa shape index (κ2) is 4.55. The second-order valence-corrected chi connectivity index (χ2v) is 3.33. The highest BCUT2D eigenvalue weighted by atomic mass is 32.1. The van der Waals surface area contributed by atoms with Crippen LogP contribution >= 0.6 is 12.6 Å². The Morgan fingerprint density at radius 1 is 1.54 bits per heavy atom.